The number of halogens is 1. The highest BCUT2D eigenvalue weighted by Crippen LogP contribution is 2.46. The number of ether oxygens (including phenoxy) is 2. The van der Waals surface area contributed by atoms with Crippen molar-refractivity contribution < 1.29 is 23.5 Å². The average Bonchev–Trinajstić information content (AvgIpc) is 2.79. The zero-order chi connectivity index (χ0) is 22.8. The molecule has 0 saturated heterocycles. The number of para-hydroxylation sites is 1. The van der Waals surface area contributed by atoms with Gasteiger partial charge in [0.25, 0.3) is 5.91 Å². The molecular weight excluding hydrogens is 411 g/mol. The lowest BCUT2D eigenvalue weighted by Crippen LogP contribution is -2.35. The molecule has 1 aliphatic carbocycles. The Balaban J connectivity index is 1.85. The van der Waals surface area contributed by atoms with E-state index in [1.54, 1.807) is 38.3 Å². The number of hydrogen-bond donors (Lipinski definition) is 2. The molecule has 0 spiro atoms. The Morgan fingerprint density at radius 3 is 2.62 bits per heavy atom. The Morgan fingerprint density at radius 2 is 1.91 bits per heavy atom. The number of methoxy groups -OCH3 is 2. The van der Waals surface area contributed by atoms with Gasteiger partial charge in [-0.25, -0.2) is 4.39 Å². The quantitative estimate of drug-likeness (QED) is 0.724. The van der Waals surface area contributed by atoms with Gasteiger partial charge in [0.15, 0.2) is 5.78 Å². The highest BCUT2D eigenvalue weighted by Gasteiger charge is 2.39. The minimum absolute atomic E-state index is 0.00897. The lowest BCUT2D eigenvalue weighted by molar-refractivity contribution is -0.116. The lowest BCUT2D eigenvalue weighted by atomic mass is 9.74. The highest BCUT2D eigenvalue weighted by atomic mass is 19.1. The molecule has 0 aromatic heterocycles. The third-order valence-corrected chi connectivity index (χ3v) is 5.89. The first-order valence-electron chi connectivity index (χ1n) is 10.5. The third kappa shape index (κ3) is 3.86. The van der Waals surface area contributed by atoms with Crippen molar-refractivity contribution in [2.45, 2.75) is 32.1 Å². The summed E-state index contributed by atoms with van der Waals surface area (Å²) in [6, 6.07) is 11.3. The predicted octanol–water partition coefficient (Wildman–Crippen LogP) is 4.45. The lowest BCUT2D eigenvalue weighted by Gasteiger charge is -2.35. The number of nitrogens with one attached hydrogen (secondary N) is 2. The second-order valence-electron chi connectivity index (χ2n) is 7.81. The maximum atomic E-state index is 14.2. The van der Waals surface area contributed by atoms with Gasteiger partial charge in [0.05, 0.1) is 25.8 Å². The first-order chi connectivity index (χ1) is 15.4. The van der Waals surface area contributed by atoms with Gasteiger partial charge < -0.3 is 20.1 Å². The highest BCUT2D eigenvalue weighted by molar-refractivity contribution is 6.10. The van der Waals surface area contributed by atoms with E-state index in [1.165, 1.54) is 19.2 Å². The zero-order valence-corrected chi connectivity index (χ0v) is 18.3. The van der Waals surface area contributed by atoms with Crippen LogP contribution >= 0.6 is 0 Å². The topological polar surface area (TPSA) is 76.7 Å². The van der Waals surface area contributed by atoms with Crippen LogP contribution in [0.15, 0.2) is 65.0 Å². The largest absolute Gasteiger partial charge is 0.497 e. The predicted molar refractivity (Wildman–Crippen MR) is 119 cm³/mol. The SMILES string of the molecule is COc1ccc([C@@H]2C(C(=O)Nc3ccccc3F)=C(C)NC3=C2C(=O)CCC3)c(OC)c1. The van der Waals surface area contributed by atoms with E-state index < -0.39 is 17.6 Å². The maximum absolute atomic E-state index is 14.2. The molecule has 0 bridgehead atoms. The Labute approximate surface area is 186 Å². The van der Waals surface area contributed by atoms with Crippen molar-refractivity contribution in [3.05, 3.63) is 76.4 Å². The van der Waals surface area contributed by atoms with E-state index in [2.05, 4.69) is 10.6 Å². The van der Waals surface area contributed by atoms with Gasteiger partial charge in [-0.3, -0.25) is 9.59 Å². The molecule has 1 aliphatic heterocycles. The van der Waals surface area contributed by atoms with Crippen molar-refractivity contribution in [2.75, 3.05) is 19.5 Å². The van der Waals surface area contributed by atoms with E-state index in [-0.39, 0.29) is 11.5 Å². The fourth-order valence-electron chi connectivity index (χ4n) is 4.40. The van der Waals surface area contributed by atoms with E-state index in [0.717, 1.165) is 18.5 Å². The second-order valence-corrected chi connectivity index (χ2v) is 7.81. The Kier molecular flexibility index (Phi) is 5.99. The molecule has 2 N–H and O–H groups in total. The van der Waals surface area contributed by atoms with Crippen LogP contribution in [0.5, 0.6) is 11.5 Å². The summed E-state index contributed by atoms with van der Waals surface area (Å²) in [5.41, 5.74) is 3.11. The molecule has 1 amide bonds. The first kappa shape index (κ1) is 21.6. The van der Waals surface area contributed by atoms with Crippen molar-refractivity contribution in [3.63, 3.8) is 0 Å². The Hall–Kier alpha value is -3.61. The number of rotatable bonds is 5. The number of dihydropyridines is 1. The van der Waals surface area contributed by atoms with E-state index >= 15 is 0 Å². The number of Topliss-reactive ketones (excluding diaryl/α,β-unsaturated/α-hetero) is 1. The standard InChI is InChI=1S/C25H25FN2O4/c1-14-22(25(30)28-18-8-5-4-7-17(18)26)23(24-19(27-14)9-6-10-20(24)29)16-12-11-15(31-2)13-21(16)32-3/h4-5,7-8,11-13,23,27H,6,9-10H2,1-3H3,(H,28,30)/t23-/m1/s1. The molecule has 0 saturated carbocycles. The number of hydrogen-bond acceptors (Lipinski definition) is 5. The summed E-state index contributed by atoms with van der Waals surface area (Å²) in [5, 5.41) is 5.93. The van der Waals surface area contributed by atoms with Crippen LogP contribution in [0, 0.1) is 5.82 Å². The molecule has 1 atom stereocenters. The normalized spacial score (nSPS) is 18.1. The van der Waals surface area contributed by atoms with Gasteiger partial charge in [-0.15, -0.1) is 0 Å². The molecule has 2 aliphatic rings. The molecule has 166 valence electrons. The number of anilines is 1. The third-order valence-electron chi connectivity index (χ3n) is 5.89. The molecule has 1 heterocycles. The summed E-state index contributed by atoms with van der Waals surface area (Å²) in [6.07, 6.45) is 1.88. The van der Waals surface area contributed by atoms with Gasteiger partial charge in [-0.2, -0.15) is 0 Å². The molecule has 2 aromatic rings. The Bertz CT molecular complexity index is 1150. The van der Waals surface area contributed by atoms with E-state index in [0.29, 0.717) is 40.3 Å². The van der Waals surface area contributed by atoms with E-state index in [1.807, 2.05) is 6.07 Å². The molecule has 32 heavy (non-hydrogen) atoms. The second kappa shape index (κ2) is 8.86. The van der Waals surface area contributed by atoms with Gasteiger partial charge in [-0.1, -0.05) is 18.2 Å². The average molecular weight is 436 g/mol. The molecule has 0 unspecified atom stereocenters. The van der Waals surface area contributed by atoms with Crippen molar-refractivity contribution in [3.8, 4) is 11.5 Å². The fourth-order valence-corrected chi connectivity index (χ4v) is 4.40. The minimum atomic E-state index is -0.647. The molecule has 2 aromatic carbocycles. The van der Waals surface area contributed by atoms with Crippen molar-refractivity contribution in [2.24, 2.45) is 0 Å². The van der Waals surface area contributed by atoms with Crippen LogP contribution in [-0.4, -0.2) is 25.9 Å². The van der Waals surface area contributed by atoms with Crippen LogP contribution in [0.3, 0.4) is 0 Å². The number of carbonyl (C=O) groups excluding carboxylic acids is 2. The van der Waals surface area contributed by atoms with Crippen LogP contribution in [0.25, 0.3) is 0 Å². The maximum Gasteiger partial charge on any atom is 0.254 e. The number of carbonyl (C=O) groups is 2. The number of ketones is 1. The van der Waals surface area contributed by atoms with Gasteiger partial charge in [0.1, 0.15) is 17.3 Å². The minimum Gasteiger partial charge on any atom is -0.497 e. The summed E-state index contributed by atoms with van der Waals surface area (Å²) in [4.78, 5) is 26.5. The first-order valence-corrected chi connectivity index (χ1v) is 10.5. The van der Waals surface area contributed by atoms with Gasteiger partial charge in [0.2, 0.25) is 0 Å². The summed E-state index contributed by atoms with van der Waals surface area (Å²) in [5.74, 6) is -0.563. The summed E-state index contributed by atoms with van der Waals surface area (Å²) < 4.78 is 25.1. The molecule has 7 heteroatoms. The van der Waals surface area contributed by atoms with Crippen molar-refractivity contribution in [1.29, 1.82) is 0 Å². The Morgan fingerprint density at radius 1 is 1.12 bits per heavy atom. The van der Waals surface area contributed by atoms with Crippen LogP contribution in [0.1, 0.15) is 37.7 Å². The van der Waals surface area contributed by atoms with E-state index in [9.17, 15) is 14.0 Å². The fraction of sp³-hybridized carbons (Fsp3) is 0.280. The summed E-state index contributed by atoms with van der Waals surface area (Å²) >= 11 is 0. The van der Waals surface area contributed by atoms with Crippen LogP contribution in [0.4, 0.5) is 10.1 Å². The van der Waals surface area contributed by atoms with Crippen LogP contribution < -0.4 is 20.1 Å². The monoisotopic (exact) mass is 436 g/mol. The molecule has 4 rings (SSSR count). The number of amides is 1. The van der Waals surface area contributed by atoms with Crippen LogP contribution in [-0.2, 0) is 9.59 Å². The van der Waals surface area contributed by atoms with Crippen molar-refractivity contribution in [1.82, 2.24) is 5.32 Å². The molecular formula is C25H25FN2O4. The molecule has 0 fully saturated rings. The number of allylic oxidation sites excluding steroid dienone is 3. The molecule has 6 nitrogen and oxygen atoms in total. The summed E-state index contributed by atoms with van der Waals surface area (Å²) in [6.45, 7) is 1.79. The van der Waals surface area contributed by atoms with Crippen molar-refractivity contribution >= 4 is 17.4 Å². The van der Waals surface area contributed by atoms with Crippen LogP contribution in [0.2, 0.25) is 0 Å². The van der Waals surface area contributed by atoms with Gasteiger partial charge in [0, 0.05) is 40.6 Å². The van der Waals surface area contributed by atoms with Gasteiger partial charge >= 0.3 is 0 Å². The van der Waals surface area contributed by atoms with E-state index in [4.69, 9.17) is 9.47 Å². The smallest absolute Gasteiger partial charge is 0.254 e. The summed E-state index contributed by atoms with van der Waals surface area (Å²) in [7, 11) is 3.09. The number of benzene rings is 2. The zero-order valence-electron chi connectivity index (χ0n) is 18.3. The molecule has 0 radical (unpaired) electrons. The van der Waals surface area contributed by atoms with Gasteiger partial charge in [-0.05, 0) is 38.0 Å².